The lowest BCUT2D eigenvalue weighted by Crippen LogP contribution is -2.46. The van der Waals surface area contributed by atoms with Gasteiger partial charge in [0.25, 0.3) is 0 Å². The summed E-state index contributed by atoms with van der Waals surface area (Å²) in [4.78, 5) is 14.7. The average molecular weight is 315 g/mol. The highest BCUT2D eigenvalue weighted by Crippen LogP contribution is 2.32. The molecule has 0 N–H and O–H groups in total. The zero-order chi connectivity index (χ0) is 16.1. The monoisotopic (exact) mass is 315 g/mol. The Morgan fingerprint density at radius 2 is 2.17 bits per heavy atom. The van der Waals surface area contributed by atoms with Crippen LogP contribution in [0.15, 0.2) is 43.0 Å². The van der Waals surface area contributed by atoms with E-state index in [1.165, 1.54) is 5.56 Å². The van der Waals surface area contributed by atoms with Crippen molar-refractivity contribution in [2.24, 2.45) is 0 Å². The van der Waals surface area contributed by atoms with Gasteiger partial charge >= 0.3 is 0 Å². The highest BCUT2D eigenvalue weighted by Gasteiger charge is 2.44. The first-order chi connectivity index (χ1) is 11.3. The highest BCUT2D eigenvalue weighted by atomic mass is 16.5. The molecule has 2 bridgehead atoms. The zero-order valence-electron chi connectivity index (χ0n) is 13.5. The second-order valence-electron chi connectivity index (χ2n) is 6.21. The molecular formula is C19H25NO3. The molecule has 1 saturated heterocycles. The first-order valence-electron chi connectivity index (χ1n) is 8.47. The summed E-state index contributed by atoms with van der Waals surface area (Å²) in [6, 6.07) is 10.3. The van der Waals surface area contributed by atoms with Crippen LogP contribution in [-0.4, -0.2) is 48.8 Å². The van der Waals surface area contributed by atoms with Crippen molar-refractivity contribution in [1.29, 1.82) is 0 Å². The number of hydrogen-bond donors (Lipinski definition) is 0. The number of benzene rings is 1. The maximum Gasteiger partial charge on any atom is 0.223 e. The lowest BCUT2D eigenvalue weighted by molar-refractivity contribution is -0.135. The van der Waals surface area contributed by atoms with Crippen LogP contribution in [0.4, 0.5) is 0 Å². The standard InChI is InChI=1S/C19H25NO3/c1-2-13-23-19-16-9-10-17(19)22-14-12-20(16)18(21)11-8-15-6-4-3-5-7-15/h2-7,16-17,19H,1,8-14H2/t16-,17-,19-/m1/s1. The van der Waals surface area contributed by atoms with Crippen LogP contribution in [0.3, 0.4) is 0 Å². The number of amides is 1. The summed E-state index contributed by atoms with van der Waals surface area (Å²) in [5, 5.41) is 0. The van der Waals surface area contributed by atoms with Gasteiger partial charge in [0.1, 0.15) is 6.10 Å². The molecule has 0 radical (unpaired) electrons. The van der Waals surface area contributed by atoms with Crippen molar-refractivity contribution >= 4 is 5.91 Å². The fraction of sp³-hybridized carbons (Fsp3) is 0.526. The van der Waals surface area contributed by atoms with E-state index in [9.17, 15) is 4.79 Å². The van der Waals surface area contributed by atoms with Gasteiger partial charge in [-0.2, -0.15) is 0 Å². The first-order valence-corrected chi connectivity index (χ1v) is 8.47. The van der Waals surface area contributed by atoms with Crippen LogP contribution in [0.5, 0.6) is 0 Å². The van der Waals surface area contributed by atoms with Crippen LogP contribution < -0.4 is 0 Å². The molecule has 1 aliphatic carbocycles. The van der Waals surface area contributed by atoms with Crippen molar-refractivity contribution in [3.63, 3.8) is 0 Å². The average Bonchev–Trinajstić information content (AvgIpc) is 2.87. The number of hydrogen-bond acceptors (Lipinski definition) is 3. The van der Waals surface area contributed by atoms with Gasteiger partial charge in [-0.1, -0.05) is 36.4 Å². The Labute approximate surface area is 138 Å². The molecule has 4 nitrogen and oxygen atoms in total. The SMILES string of the molecule is C=CCO[C@@H]1[C@H]2CC[C@H]1OCCN2C(=O)CCc1ccccc1. The van der Waals surface area contributed by atoms with Crippen LogP contribution >= 0.6 is 0 Å². The molecule has 4 heteroatoms. The van der Waals surface area contributed by atoms with Gasteiger partial charge in [-0.05, 0) is 24.8 Å². The molecule has 1 amide bonds. The Kier molecular flexibility index (Phi) is 5.47. The Morgan fingerprint density at radius 3 is 2.96 bits per heavy atom. The molecule has 3 rings (SSSR count). The van der Waals surface area contributed by atoms with Crippen LogP contribution in [0.25, 0.3) is 0 Å². The van der Waals surface area contributed by atoms with Crippen LogP contribution in [-0.2, 0) is 20.7 Å². The summed E-state index contributed by atoms with van der Waals surface area (Å²) in [5.41, 5.74) is 1.20. The first kappa shape index (κ1) is 16.2. The van der Waals surface area contributed by atoms with E-state index in [0.717, 1.165) is 19.3 Å². The number of nitrogens with zero attached hydrogens (tertiary/aromatic N) is 1. The third-order valence-corrected chi connectivity index (χ3v) is 4.75. The van der Waals surface area contributed by atoms with E-state index < -0.39 is 0 Å². The Bertz CT molecular complexity index is 531. The smallest absolute Gasteiger partial charge is 0.223 e. The molecule has 1 aromatic rings. The van der Waals surface area contributed by atoms with Crippen molar-refractivity contribution in [3.8, 4) is 0 Å². The molecule has 3 atom stereocenters. The summed E-state index contributed by atoms with van der Waals surface area (Å²) in [6.07, 6.45) is 5.11. The number of carbonyl (C=O) groups is 1. The van der Waals surface area contributed by atoms with Gasteiger partial charge in [-0.3, -0.25) is 4.79 Å². The van der Waals surface area contributed by atoms with Crippen LogP contribution in [0.1, 0.15) is 24.8 Å². The maximum absolute atomic E-state index is 12.7. The predicted molar refractivity (Wildman–Crippen MR) is 89.2 cm³/mol. The van der Waals surface area contributed by atoms with E-state index in [1.54, 1.807) is 6.08 Å². The summed E-state index contributed by atoms with van der Waals surface area (Å²) < 4.78 is 11.8. The van der Waals surface area contributed by atoms with E-state index in [2.05, 4.69) is 18.7 Å². The van der Waals surface area contributed by atoms with Gasteiger partial charge in [0.15, 0.2) is 0 Å². The topological polar surface area (TPSA) is 38.8 Å². The van der Waals surface area contributed by atoms with E-state index in [4.69, 9.17) is 9.47 Å². The van der Waals surface area contributed by atoms with Crippen molar-refractivity contribution in [2.75, 3.05) is 19.8 Å². The van der Waals surface area contributed by atoms with Gasteiger partial charge in [0.05, 0.1) is 25.4 Å². The van der Waals surface area contributed by atoms with E-state index in [-0.39, 0.29) is 24.2 Å². The predicted octanol–water partition coefficient (Wildman–Crippen LogP) is 2.58. The number of ether oxygens (including phenoxy) is 2. The second kappa shape index (κ2) is 7.75. The van der Waals surface area contributed by atoms with E-state index in [0.29, 0.717) is 26.2 Å². The van der Waals surface area contributed by atoms with Crippen molar-refractivity contribution in [3.05, 3.63) is 48.6 Å². The number of fused-ring (bicyclic) bond motifs is 2. The lowest BCUT2D eigenvalue weighted by Gasteiger charge is -2.31. The number of aryl methyl sites for hydroxylation is 1. The second-order valence-corrected chi connectivity index (χ2v) is 6.21. The number of carbonyl (C=O) groups excluding carboxylic acids is 1. The largest absolute Gasteiger partial charge is 0.374 e. The Morgan fingerprint density at radius 1 is 1.35 bits per heavy atom. The number of rotatable bonds is 6. The van der Waals surface area contributed by atoms with Gasteiger partial charge in [0, 0.05) is 13.0 Å². The fourth-order valence-corrected chi connectivity index (χ4v) is 3.64. The molecule has 23 heavy (non-hydrogen) atoms. The van der Waals surface area contributed by atoms with Crippen LogP contribution in [0, 0.1) is 0 Å². The molecule has 0 aromatic heterocycles. The van der Waals surface area contributed by atoms with Gasteiger partial charge in [-0.15, -0.1) is 6.58 Å². The molecule has 0 spiro atoms. The molecule has 1 heterocycles. The van der Waals surface area contributed by atoms with Gasteiger partial charge < -0.3 is 14.4 Å². The molecule has 124 valence electrons. The third-order valence-electron chi connectivity index (χ3n) is 4.75. The van der Waals surface area contributed by atoms with Gasteiger partial charge in [0.2, 0.25) is 5.91 Å². The quantitative estimate of drug-likeness (QED) is 0.757. The lowest BCUT2D eigenvalue weighted by atomic mass is 10.1. The fourth-order valence-electron chi connectivity index (χ4n) is 3.64. The van der Waals surface area contributed by atoms with Crippen LogP contribution in [0.2, 0.25) is 0 Å². The summed E-state index contributed by atoms with van der Waals surface area (Å²) in [7, 11) is 0. The molecule has 2 fully saturated rings. The summed E-state index contributed by atoms with van der Waals surface area (Å²) in [6.45, 7) is 5.49. The zero-order valence-corrected chi connectivity index (χ0v) is 13.5. The van der Waals surface area contributed by atoms with E-state index in [1.807, 2.05) is 23.1 Å². The minimum Gasteiger partial charge on any atom is -0.374 e. The minimum absolute atomic E-state index is 0.0174. The van der Waals surface area contributed by atoms with Crippen molar-refractivity contribution < 1.29 is 14.3 Å². The minimum atomic E-state index is -0.0174. The van der Waals surface area contributed by atoms with Crippen molar-refractivity contribution in [1.82, 2.24) is 4.90 Å². The van der Waals surface area contributed by atoms with Crippen molar-refractivity contribution in [2.45, 2.75) is 43.9 Å². The summed E-state index contributed by atoms with van der Waals surface area (Å²) in [5.74, 6) is 0.206. The molecule has 1 saturated carbocycles. The highest BCUT2D eigenvalue weighted by molar-refractivity contribution is 5.77. The Balaban J connectivity index is 1.63. The molecule has 0 unspecified atom stereocenters. The van der Waals surface area contributed by atoms with E-state index >= 15 is 0 Å². The molecule has 1 aromatic carbocycles. The Hall–Kier alpha value is -1.65. The summed E-state index contributed by atoms with van der Waals surface area (Å²) >= 11 is 0. The molecule has 1 aliphatic heterocycles. The van der Waals surface area contributed by atoms with Gasteiger partial charge in [-0.25, -0.2) is 0 Å². The normalized spacial score (nSPS) is 26.8. The third kappa shape index (κ3) is 3.82. The molecule has 2 aliphatic rings. The molecular weight excluding hydrogens is 290 g/mol. The maximum atomic E-state index is 12.7.